The third-order valence-electron chi connectivity index (χ3n) is 6.28. The van der Waals surface area contributed by atoms with Gasteiger partial charge in [-0.3, -0.25) is 4.40 Å². The van der Waals surface area contributed by atoms with E-state index in [0.717, 1.165) is 17.3 Å². The first-order valence-electron chi connectivity index (χ1n) is 11.2. The minimum atomic E-state index is -4.59. The molecule has 1 saturated heterocycles. The van der Waals surface area contributed by atoms with Gasteiger partial charge in [0.15, 0.2) is 5.69 Å². The highest BCUT2D eigenvalue weighted by Gasteiger charge is 2.35. The maximum Gasteiger partial charge on any atom is 0.434 e. The molecular weight excluding hydrogens is 461 g/mol. The maximum absolute atomic E-state index is 13.6. The number of fused-ring (bicyclic) bond motifs is 3. The highest BCUT2D eigenvalue weighted by molar-refractivity contribution is 5.96. The fraction of sp³-hybridized carbons (Fsp3) is 0.320. The van der Waals surface area contributed by atoms with Gasteiger partial charge in [-0.1, -0.05) is 18.2 Å². The van der Waals surface area contributed by atoms with Crippen molar-refractivity contribution in [2.75, 3.05) is 18.5 Å². The standard InChI is InChI=1S/C25H23F3N4O3/c1-13-9-17(14(2)29-19-6-4-3-5-16(19)24(33)34)21-18(10-13)23-30-20(25(26,27)28)11-32(23)22(31-21)15-7-8-35-12-15/h3-6,9-11,14-15,29H,7-8,12H2,1-2H3,(H,33,34)/t14-,15?/m1/s1. The topological polar surface area (TPSA) is 88.8 Å². The lowest BCUT2D eigenvalue weighted by atomic mass is 9.99. The summed E-state index contributed by atoms with van der Waals surface area (Å²) in [7, 11) is 0. The number of imidazole rings is 1. The number of benzene rings is 2. The van der Waals surface area contributed by atoms with Crippen LogP contribution in [0.5, 0.6) is 0 Å². The Kier molecular flexibility index (Phi) is 5.63. The molecule has 2 N–H and O–H groups in total. The Morgan fingerprint density at radius 3 is 2.71 bits per heavy atom. The van der Waals surface area contributed by atoms with Crippen molar-refractivity contribution in [1.82, 2.24) is 14.4 Å². The van der Waals surface area contributed by atoms with Crippen LogP contribution in [-0.4, -0.2) is 38.7 Å². The van der Waals surface area contributed by atoms with Crippen molar-refractivity contribution >= 4 is 28.2 Å². The molecule has 1 fully saturated rings. The summed E-state index contributed by atoms with van der Waals surface area (Å²) in [4.78, 5) is 20.5. The van der Waals surface area contributed by atoms with Gasteiger partial charge in [-0.2, -0.15) is 13.2 Å². The molecule has 0 saturated carbocycles. The molecule has 4 aromatic rings. The normalized spacial score (nSPS) is 17.2. The number of aromatic nitrogens is 3. The Hall–Kier alpha value is -3.66. The van der Waals surface area contributed by atoms with Gasteiger partial charge in [0.2, 0.25) is 0 Å². The monoisotopic (exact) mass is 484 g/mol. The summed E-state index contributed by atoms with van der Waals surface area (Å²) in [5.74, 6) is -0.756. The number of aromatic carboxylic acids is 1. The third-order valence-corrected chi connectivity index (χ3v) is 6.28. The quantitative estimate of drug-likeness (QED) is 0.384. The Balaban J connectivity index is 1.72. The van der Waals surface area contributed by atoms with Crippen LogP contribution in [0.2, 0.25) is 0 Å². The number of rotatable bonds is 5. The van der Waals surface area contributed by atoms with E-state index >= 15 is 0 Å². The minimum Gasteiger partial charge on any atom is -0.478 e. The summed E-state index contributed by atoms with van der Waals surface area (Å²) in [6.45, 7) is 4.60. The summed E-state index contributed by atoms with van der Waals surface area (Å²) in [5, 5.41) is 13.3. The van der Waals surface area contributed by atoms with Gasteiger partial charge in [-0.05, 0) is 44.0 Å². The Morgan fingerprint density at radius 1 is 1.26 bits per heavy atom. The van der Waals surface area contributed by atoms with E-state index < -0.39 is 23.9 Å². The van der Waals surface area contributed by atoms with E-state index in [9.17, 15) is 23.1 Å². The summed E-state index contributed by atoms with van der Waals surface area (Å²) in [5.41, 5.74) is 1.86. The molecule has 0 spiro atoms. The first kappa shape index (κ1) is 23.1. The largest absolute Gasteiger partial charge is 0.478 e. The second-order valence-corrected chi connectivity index (χ2v) is 8.82. The predicted molar refractivity (Wildman–Crippen MR) is 124 cm³/mol. The molecule has 182 valence electrons. The van der Waals surface area contributed by atoms with E-state index in [1.165, 1.54) is 10.5 Å². The van der Waals surface area contributed by atoms with Crippen molar-refractivity contribution in [3.8, 4) is 0 Å². The number of hydrogen-bond acceptors (Lipinski definition) is 5. The van der Waals surface area contributed by atoms with Crippen LogP contribution in [0, 0.1) is 6.92 Å². The lowest BCUT2D eigenvalue weighted by molar-refractivity contribution is -0.140. The Bertz CT molecular complexity index is 1440. The second kappa shape index (κ2) is 8.53. The number of aryl methyl sites for hydroxylation is 1. The Labute approximate surface area is 198 Å². The highest BCUT2D eigenvalue weighted by Crippen LogP contribution is 2.36. The molecule has 2 aromatic carbocycles. The number of carboxylic acids is 1. The number of alkyl halides is 3. The van der Waals surface area contributed by atoms with Gasteiger partial charge >= 0.3 is 12.1 Å². The lowest BCUT2D eigenvalue weighted by Gasteiger charge is -2.21. The highest BCUT2D eigenvalue weighted by atomic mass is 19.4. The van der Waals surface area contributed by atoms with Crippen LogP contribution in [0.25, 0.3) is 16.6 Å². The molecule has 35 heavy (non-hydrogen) atoms. The van der Waals surface area contributed by atoms with Crippen LogP contribution in [0.4, 0.5) is 18.9 Å². The molecular formula is C25H23F3N4O3. The average Bonchev–Trinajstić information content (AvgIpc) is 3.49. The fourth-order valence-electron chi connectivity index (χ4n) is 4.61. The smallest absolute Gasteiger partial charge is 0.434 e. The number of hydrogen-bond donors (Lipinski definition) is 2. The van der Waals surface area contributed by atoms with Crippen molar-refractivity contribution in [2.24, 2.45) is 0 Å². The van der Waals surface area contributed by atoms with Gasteiger partial charge in [0.1, 0.15) is 11.5 Å². The predicted octanol–water partition coefficient (Wildman–Crippen LogP) is 5.58. The Morgan fingerprint density at radius 2 is 2.03 bits per heavy atom. The number of carboxylic acid groups (broad SMARTS) is 1. The van der Waals surface area contributed by atoms with Gasteiger partial charge in [0.05, 0.1) is 23.7 Å². The number of carbonyl (C=O) groups is 1. The van der Waals surface area contributed by atoms with Crippen molar-refractivity contribution in [3.63, 3.8) is 0 Å². The first-order valence-corrected chi connectivity index (χ1v) is 11.2. The zero-order valence-electron chi connectivity index (χ0n) is 19.1. The summed E-state index contributed by atoms with van der Waals surface area (Å²) >= 11 is 0. The SMILES string of the molecule is Cc1cc([C@@H](C)Nc2ccccc2C(=O)O)c2nc(C3CCOC3)n3cc(C(F)(F)F)nc3c2c1. The van der Waals surface area contributed by atoms with Gasteiger partial charge in [0.25, 0.3) is 0 Å². The van der Waals surface area contributed by atoms with Crippen LogP contribution in [0.1, 0.15) is 58.3 Å². The molecule has 1 aliphatic heterocycles. The summed E-state index contributed by atoms with van der Waals surface area (Å²) in [6.07, 6.45) is -2.94. The van der Waals surface area contributed by atoms with Crippen LogP contribution in [-0.2, 0) is 10.9 Å². The molecule has 2 aromatic heterocycles. The molecule has 0 aliphatic carbocycles. The van der Waals surface area contributed by atoms with Crippen LogP contribution in [0.15, 0.2) is 42.6 Å². The molecule has 0 bridgehead atoms. The van der Waals surface area contributed by atoms with E-state index in [-0.39, 0.29) is 17.1 Å². The molecule has 1 aliphatic rings. The van der Waals surface area contributed by atoms with Gasteiger partial charge < -0.3 is 15.2 Å². The van der Waals surface area contributed by atoms with Crippen molar-refractivity contribution in [1.29, 1.82) is 0 Å². The van der Waals surface area contributed by atoms with Crippen LogP contribution >= 0.6 is 0 Å². The molecule has 5 rings (SSSR count). The third kappa shape index (κ3) is 4.18. The minimum absolute atomic E-state index is 0.124. The number of para-hydroxylation sites is 1. The molecule has 0 radical (unpaired) electrons. The molecule has 7 nitrogen and oxygen atoms in total. The lowest BCUT2D eigenvalue weighted by Crippen LogP contribution is -2.14. The first-order chi connectivity index (χ1) is 16.6. The average molecular weight is 484 g/mol. The van der Waals surface area contributed by atoms with Crippen molar-refractivity contribution < 1.29 is 27.8 Å². The van der Waals surface area contributed by atoms with Crippen LogP contribution in [0.3, 0.4) is 0 Å². The summed E-state index contributed by atoms with van der Waals surface area (Å²) < 4.78 is 47.7. The van der Waals surface area contributed by atoms with E-state index in [0.29, 0.717) is 42.0 Å². The molecule has 10 heteroatoms. The second-order valence-electron chi connectivity index (χ2n) is 8.82. The molecule has 2 atom stereocenters. The fourth-order valence-corrected chi connectivity index (χ4v) is 4.61. The van der Waals surface area contributed by atoms with Crippen LogP contribution < -0.4 is 5.32 Å². The number of anilines is 1. The van der Waals surface area contributed by atoms with Gasteiger partial charge in [0, 0.05) is 35.4 Å². The maximum atomic E-state index is 13.6. The molecule has 0 amide bonds. The zero-order valence-corrected chi connectivity index (χ0v) is 19.1. The van der Waals surface area contributed by atoms with E-state index in [4.69, 9.17) is 9.72 Å². The van der Waals surface area contributed by atoms with Crippen molar-refractivity contribution in [2.45, 2.75) is 38.4 Å². The van der Waals surface area contributed by atoms with Gasteiger partial charge in [-0.15, -0.1) is 0 Å². The molecule has 3 heterocycles. The number of ether oxygens (including phenoxy) is 1. The van der Waals surface area contributed by atoms with E-state index in [2.05, 4.69) is 10.3 Å². The number of nitrogens with one attached hydrogen (secondary N) is 1. The van der Waals surface area contributed by atoms with Crippen molar-refractivity contribution in [3.05, 3.63) is 70.8 Å². The van der Waals surface area contributed by atoms with E-state index in [1.807, 2.05) is 19.9 Å². The summed E-state index contributed by atoms with van der Waals surface area (Å²) in [6, 6.07) is 9.86. The molecule has 1 unspecified atom stereocenters. The van der Waals surface area contributed by atoms with Gasteiger partial charge in [-0.25, -0.2) is 14.8 Å². The number of nitrogens with zero attached hydrogens (tertiary/aromatic N) is 3. The zero-order chi connectivity index (χ0) is 24.9. The van der Waals surface area contributed by atoms with E-state index in [1.54, 1.807) is 24.3 Å². The number of halogens is 3.